The molecule has 1 atom stereocenters. The Morgan fingerprint density at radius 2 is 1.85 bits per heavy atom. The van der Waals surface area contributed by atoms with Crippen molar-refractivity contribution in [1.29, 1.82) is 0 Å². The number of esters is 1. The summed E-state index contributed by atoms with van der Waals surface area (Å²) in [5.74, 6) is -0.116. The highest BCUT2D eigenvalue weighted by Gasteiger charge is 2.36. The molecule has 0 aliphatic carbocycles. The third kappa shape index (κ3) is 2.99. The Labute approximate surface area is 162 Å². The summed E-state index contributed by atoms with van der Waals surface area (Å²) in [5.41, 5.74) is 0.232. The molecule has 2 N–H and O–H groups in total. The van der Waals surface area contributed by atoms with Gasteiger partial charge in [-0.1, -0.05) is 18.5 Å². The minimum atomic E-state index is -1.28. The number of phenols is 1. The average molecular weight is 393 g/mol. The molecule has 0 aromatic heterocycles. The summed E-state index contributed by atoms with van der Waals surface area (Å²) in [4.78, 5) is 12.8. The lowest BCUT2D eigenvalue weighted by molar-refractivity contribution is 0.0501. The Morgan fingerprint density at radius 1 is 1.19 bits per heavy atom. The number of hydrogen-bond donors (Lipinski definition) is 2. The average Bonchev–Trinajstić information content (AvgIpc) is 2.77. The standard InChI is InChI=1S/C20H21ClO6/c1-6-20(4,24)11-8-13(25-5)10(3)16-17(11)26-18-14(19(23)27-16)9(2)7-12(22)15(18)21/h7-8,22,24H,6H2,1-5H3/t20-/m1/s1. The van der Waals surface area contributed by atoms with Crippen molar-refractivity contribution in [2.24, 2.45) is 0 Å². The summed E-state index contributed by atoms with van der Waals surface area (Å²) in [6.07, 6.45) is 0.378. The molecule has 3 rings (SSSR count). The Morgan fingerprint density at radius 3 is 2.44 bits per heavy atom. The number of fused-ring (bicyclic) bond motifs is 2. The second kappa shape index (κ2) is 6.62. The first-order chi connectivity index (χ1) is 12.6. The minimum absolute atomic E-state index is 0.00404. The lowest BCUT2D eigenvalue weighted by Crippen LogP contribution is -2.21. The van der Waals surface area contributed by atoms with E-state index in [1.807, 2.05) is 6.92 Å². The van der Waals surface area contributed by atoms with E-state index in [2.05, 4.69) is 0 Å². The highest BCUT2D eigenvalue weighted by Crippen LogP contribution is 2.52. The van der Waals surface area contributed by atoms with E-state index >= 15 is 0 Å². The molecule has 1 aliphatic heterocycles. The quantitative estimate of drug-likeness (QED) is 0.586. The summed E-state index contributed by atoms with van der Waals surface area (Å²) < 4.78 is 17.0. The number of halogens is 1. The van der Waals surface area contributed by atoms with Crippen molar-refractivity contribution in [3.8, 4) is 28.7 Å². The van der Waals surface area contributed by atoms with Gasteiger partial charge in [0.25, 0.3) is 0 Å². The third-order valence-corrected chi connectivity index (χ3v) is 5.29. The molecule has 0 radical (unpaired) electrons. The van der Waals surface area contributed by atoms with Gasteiger partial charge in [-0.2, -0.15) is 0 Å². The normalized spacial score (nSPS) is 15.0. The van der Waals surface area contributed by atoms with Crippen LogP contribution in [0.15, 0.2) is 12.1 Å². The maximum atomic E-state index is 12.8. The minimum Gasteiger partial charge on any atom is -0.506 e. The molecule has 0 bridgehead atoms. The molecule has 0 spiro atoms. The van der Waals surface area contributed by atoms with Crippen molar-refractivity contribution in [2.45, 2.75) is 39.7 Å². The van der Waals surface area contributed by atoms with Gasteiger partial charge < -0.3 is 24.4 Å². The predicted molar refractivity (Wildman–Crippen MR) is 100 cm³/mol. The molecule has 0 saturated carbocycles. The first-order valence-electron chi connectivity index (χ1n) is 8.48. The molecule has 144 valence electrons. The number of rotatable bonds is 3. The van der Waals surface area contributed by atoms with Crippen LogP contribution in [0.25, 0.3) is 0 Å². The highest BCUT2D eigenvalue weighted by molar-refractivity contribution is 6.34. The smallest absolute Gasteiger partial charge is 0.347 e. The zero-order valence-corrected chi connectivity index (χ0v) is 16.5. The van der Waals surface area contributed by atoms with Gasteiger partial charge in [-0.25, -0.2) is 4.79 Å². The number of carbonyl (C=O) groups is 1. The number of hydrogen-bond acceptors (Lipinski definition) is 6. The van der Waals surface area contributed by atoms with Crippen molar-refractivity contribution in [3.63, 3.8) is 0 Å². The Hall–Kier alpha value is -2.44. The van der Waals surface area contributed by atoms with Crippen LogP contribution >= 0.6 is 11.6 Å². The molecule has 1 heterocycles. The van der Waals surface area contributed by atoms with E-state index in [1.54, 1.807) is 26.8 Å². The fraction of sp³-hybridized carbons (Fsp3) is 0.350. The Balaban J connectivity index is 2.38. The van der Waals surface area contributed by atoms with Crippen LogP contribution in [0, 0.1) is 13.8 Å². The SMILES string of the molecule is CC[C@@](C)(O)c1cc(OC)c(C)c2c1Oc1c(Cl)c(O)cc(C)c1C(=O)O2. The van der Waals surface area contributed by atoms with Crippen molar-refractivity contribution in [2.75, 3.05) is 7.11 Å². The van der Waals surface area contributed by atoms with Crippen molar-refractivity contribution in [3.05, 3.63) is 39.4 Å². The second-order valence-corrected chi connectivity index (χ2v) is 7.14. The summed E-state index contributed by atoms with van der Waals surface area (Å²) in [6.45, 7) is 6.81. The van der Waals surface area contributed by atoms with Gasteiger partial charge in [0.05, 0.1) is 12.7 Å². The number of ether oxygens (including phenoxy) is 3. The molecule has 0 saturated heterocycles. The van der Waals surface area contributed by atoms with Crippen LogP contribution in [-0.2, 0) is 5.60 Å². The summed E-state index contributed by atoms with van der Waals surface area (Å²) >= 11 is 6.22. The zero-order valence-electron chi connectivity index (χ0n) is 15.8. The molecule has 1 aliphatic rings. The number of methoxy groups -OCH3 is 1. The van der Waals surface area contributed by atoms with Gasteiger partial charge in [-0.15, -0.1) is 0 Å². The largest absolute Gasteiger partial charge is 0.506 e. The van der Waals surface area contributed by atoms with Gasteiger partial charge in [0.1, 0.15) is 22.1 Å². The van der Waals surface area contributed by atoms with E-state index in [4.69, 9.17) is 25.8 Å². The molecule has 6 nitrogen and oxygen atoms in total. The third-order valence-electron chi connectivity index (χ3n) is 4.93. The van der Waals surface area contributed by atoms with E-state index in [-0.39, 0.29) is 33.6 Å². The molecule has 27 heavy (non-hydrogen) atoms. The maximum Gasteiger partial charge on any atom is 0.347 e. The van der Waals surface area contributed by atoms with Crippen molar-refractivity contribution < 1.29 is 29.2 Å². The van der Waals surface area contributed by atoms with E-state index in [1.165, 1.54) is 13.2 Å². The first-order valence-corrected chi connectivity index (χ1v) is 8.86. The molecule has 0 unspecified atom stereocenters. The van der Waals surface area contributed by atoms with Gasteiger partial charge in [0, 0.05) is 11.1 Å². The fourth-order valence-electron chi connectivity index (χ4n) is 3.08. The van der Waals surface area contributed by atoms with Crippen molar-refractivity contribution >= 4 is 17.6 Å². The van der Waals surface area contributed by atoms with Crippen LogP contribution < -0.4 is 14.2 Å². The molecule has 0 amide bonds. The van der Waals surface area contributed by atoms with Gasteiger partial charge in [0.2, 0.25) is 0 Å². The lowest BCUT2D eigenvalue weighted by atomic mass is 9.90. The maximum absolute atomic E-state index is 12.8. The van der Waals surface area contributed by atoms with E-state index < -0.39 is 11.6 Å². The summed E-state index contributed by atoms with van der Waals surface area (Å²) in [5, 5.41) is 20.8. The van der Waals surface area contributed by atoms with Crippen LogP contribution in [0.5, 0.6) is 28.7 Å². The summed E-state index contributed by atoms with van der Waals surface area (Å²) in [7, 11) is 1.49. The van der Waals surface area contributed by atoms with E-state index in [9.17, 15) is 15.0 Å². The molecule has 7 heteroatoms. The van der Waals surface area contributed by atoms with E-state index in [0.29, 0.717) is 28.9 Å². The van der Waals surface area contributed by atoms with E-state index in [0.717, 1.165) is 0 Å². The number of carbonyl (C=O) groups excluding carboxylic acids is 1. The van der Waals surface area contributed by atoms with Crippen LogP contribution in [0.3, 0.4) is 0 Å². The molecular formula is C20H21ClO6. The van der Waals surface area contributed by atoms with Gasteiger partial charge in [-0.3, -0.25) is 0 Å². The summed E-state index contributed by atoms with van der Waals surface area (Å²) in [6, 6.07) is 3.03. The topological polar surface area (TPSA) is 85.2 Å². The van der Waals surface area contributed by atoms with Crippen LogP contribution in [0.4, 0.5) is 0 Å². The van der Waals surface area contributed by atoms with Crippen molar-refractivity contribution in [1.82, 2.24) is 0 Å². The Kier molecular flexibility index (Phi) is 4.74. The fourth-order valence-corrected chi connectivity index (χ4v) is 3.26. The van der Waals surface area contributed by atoms with Gasteiger partial charge >= 0.3 is 5.97 Å². The monoisotopic (exact) mass is 392 g/mol. The molecule has 0 fully saturated rings. The van der Waals surface area contributed by atoms with Crippen LogP contribution in [0.1, 0.15) is 47.3 Å². The van der Waals surface area contributed by atoms with Crippen LogP contribution in [0.2, 0.25) is 5.02 Å². The van der Waals surface area contributed by atoms with Gasteiger partial charge in [0.15, 0.2) is 17.2 Å². The number of aliphatic hydroxyl groups is 1. The lowest BCUT2D eigenvalue weighted by Gasteiger charge is -2.27. The Bertz CT molecular complexity index is 948. The number of phenolic OH excluding ortho intramolecular Hbond substituents is 1. The molecule has 2 aromatic carbocycles. The number of benzene rings is 2. The zero-order chi connectivity index (χ0) is 20.1. The number of aromatic hydroxyl groups is 1. The molecular weight excluding hydrogens is 372 g/mol. The van der Waals surface area contributed by atoms with Gasteiger partial charge in [-0.05, 0) is 44.9 Å². The number of aryl methyl sites for hydroxylation is 1. The predicted octanol–water partition coefficient (Wildman–Crippen LogP) is 4.61. The second-order valence-electron chi connectivity index (χ2n) is 6.76. The van der Waals surface area contributed by atoms with Crippen LogP contribution in [-0.4, -0.2) is 23.3 Å². The first kappa shape index (κ1) is 19.3. The molecule has 2 aromatic rings. The highest BCUT2D eigenvalue weighted by atomic mass is 35.5.